The number of fused-ring (bicyclic) bond motifs is 1. The van der Waals surface area contributed by atoms with E-state index < -0.39 is 0 Å². The Morgan fingerprint density at radius 2 is 2.22 bits per heavy atom. The molecule has 0 fully saturated rings. The van der Waals surface area contributed by atoms with Crippen molar-refractivity contribution in [1.82, 2.24) is 15.3 Å². The van der Waals surface area contributed by atoms with Crippen molar-refractivity contribution in [2.45, 2.75) is 39.2 Å². The van der Waals surface area contributed by atoms with Crippen LogP contribution in [0.5, 0.6) is 0 Å². The molecule has 0 unspecified atom stereocenters. The van der Waals surface area contributed by atoms with Gasteiger partial charge in [0.15, 0.2) is 0 Å². The first kappa shape index (κ1) is 12.6. The van der Waals surface area contributed by atoms with Gasteiger partial charge in [-0.1, -0.05) is 31.9 Å². The van der Waals surface area contributed by atoms with Crippen LogP contribution in [0.15, 0.2) is 24.3 Å². The van der Waals surface area contributed by atoms with Crippen LogP contribution in [0.1, 0.15) is 45.0 Å². The van der Waals surface area contributed by atoms with E-state index in [1.165, 1.54) is 0 Å². The summed E-state index contributed by atoms with van der Waals surface area (Å²) >= 11 is 0. The molecule has 0 spiro atoms. The summed E-state index contributed by atoms with van der Waals surface area (Å²) in [5.74, 6) is 0.830. The molecule has 0 saturated heterocycles. The number of carbonyl (C=O) groups excluding carboxylic acids is 1. The molecule has 1 amide bonds. The number of nitrogens with zero attached hydrogens (tertiary/aromatic N) is 1. The van der Waals surface area contributed by atoms with Crippen LogP contribution in [-0.2, 0) is 4.79 Å². The SMILES string of the molecule is CCCC[C@H](NC(C)=O)c1nc2ccccc2[nH]1. The summed E-state index contributed by atoms with van der Waals surface area (Å²) in [4.78, 5) is 19.1. The molecule has 1 atom stereocenters. The van der Waals surface area contributed by atoms with Crippen molar-refractivity contribution < 1.29 is 4.79 Å². The van der Waals surface area contributed by atoms with Gasteiger partial charge >= 0.3 is 0 Å². The van der Waals surface area contributed by atoms with Gasteiger partial charge in [-0.15, -0.1) is 0 Å². The molecule has 0 bridgehead atoms. The Labute approximate surface area is 107 Å². The molecule has 1 heterocycles. The normalized spacial score (nSPS) is 12.6. The molecule has 0 saturated carbocycles. The first-order chi connectivity index (χ1) is 8.70. The Balaban J connectivity index is 2.25. The Bertz CT molecular complexity index is 500. The average molecular weight is 245 g/mol. The topological polar surface area (TPSA) is 57.8 Å². The Kier molecular flexibility index (Phi) is 3.97. The van der Waals surface area contributed by atoms with Crippen molar-refractivity contribution in [3.8, 4) is 0 Å². The lowest BCUT2D eigenvalue weighted by molar-refractivity contribution is -0.119. The maximum absolute atomic E-state index is 11.3. The monoisotopic (exact) mass is 245 g/mol. The third-order valence-electron chi connectivity index (χ3n) is 2.96. The van der Waals surface area contributed by atoms with Crippen molar-refractivity contribution in [2.24, 2.45) is 0 Å². The Hall–Kier alpha value is -1.84. The summed E-state index contributed by atoms with van der Waals surface area (Å²) < 4.78 is 0. The van der Waals surface area contributed by atoms with Crippen LogP contribution in [0.25, 0.3) is 11.0 Å². The van der Waals surface area contributed by atoms with E-state index in [1.807, 2.05) is 24.3 Å². The van der Waals surface area contributed by atoms with Crippen LogP contribution < -0.4 is 5.32 Å². The van der Waals surface area contributed by atoms with Crippen molar-refractivity contribution in [3.63, 3.8) is 0 Å². The number of rotatable bonds is 5. The van der Waals surface area contributed by atoms with Crippen LogP contribution in [0, 0.1) is 0 Å². The third kappa shape index (κ3) is 2.88. The highest BCUT2D eigenvalue weighted by Crippen LogP contribution is 2.20. The summed E-state index contributed by atoms with van der Waals surface area (Å²) in [7, 11) is 0. The number of amides is 1. The number of aromatic amines is 1. The second kappa shape index (κ2) is 5.67. The molecule has 2 rings (SSSR count). The van der Waals surface area contributed by atoms with Gasteiger partial charge in [0.25, 0.3) is 0 Å². The molecule has 0 aliphatic rings. The highest BCUT2D eigenvalue weighted by atomic mass is 16.1. The number of H-pyrrole nitrogens is 1. The lowest BCUT2D eigenvalue weighted by atomic mass is 10.1. The summed E-state index contributed by atoms with van der Waals surface area (Å²) in [6.45, 7) is 3.69. The van der Waals surface area contributed by atoms with Gasteiger partial charge in [-0.2, -0.15) is 0 Å². The molecule has 96 valence electrons. The maximum atomic E-state index is 11.3. The fourth-order valence-electron chi connectivity index (χ4n) is 2.07. The minimum Gasteiger partial charge on any atom is -0.346 e. The molecule has 0 aliphatic heterocycles. The molecule has 2 N–H and O–H groups in total. The number of carbonyl (C=O) groups is 1. The predicted molar refractivity (Wildman–Crippen MR) is 72.2 cm³/mol. The van der Waals surface area contributed by atoms with E-state index in [-0.39, 0.29) is 11.9 Å². The fourth-order valence-corrected chi connectivity index (χ4v) is 2.07. The van der Waals surface area contributed by atoms with Crippen molar-refractivity contribution in [3.05, 3.63) is 30.1 Å². The standard InChI is InChI=1S/C14H19N3O/c1-3-4-7-13(15-10(2)18)14-16-11-8-5-6-9-12(11)17-14/h5-6,8-9,13H,3-4,7H2,1-2H3,(H,15,18)(H,16,17)/t13-/m0/s1. The van der Waals surface area contributed by atoms with Crippen LogP contribution in [0.2, 0.25) is 0 Å². The fraction of sp³-hybridized carbons (Fsp3) is 0.429. The van der Waals surface area contributed by atoms with Crippen LogP contribution in [0.4, 0.5) is 0 Å². The average Bonchev–Trinajstić information content (AvgIpc) is 2.77. The number of aromatic nitrogens is 2. The van der Waals surface area contributed by atoms with Gasteiger partial charge < -0.3 is 10.3 Å². The van der Waals surface area contributed by atoms with E-state index in [0.29, 0.717) is 0 Å². The second-order valence-electron chi connectivity index (χ2n) is 4.53. The maximum Gasteiger partial charge on any atom is 0.217 e. The molecule has 0 radical (unpaired) electrons. The minimum absolute atomic E-state index is 0.0171. The highest BCUT2D eigenvalue weighted by molar-refractivity contribution is 5.76. The molecule has 4 heteroatoms. The molecule has 4 nitrogen and oxygen atoms in total. The number of unbranched alkanes of at least 4 members (excludes halogenated alkanes) is 1. The van der Waals surface area contributed by atoms with Gasteiger partial charge in [0.1, 0.15) is 5.82 Å². The lowest BCUT2D eigenvalue weighted by Gasteiger charge is -2.14. The van der Waals surface area contributed by atoms with Gasteiger partial charge in [0, 0.05) is 6.92 Å². The molecule has 2 aromatic rings. The number of benzene rings is 1. The molecule has 0 aliphatic carbocycles. The summed E-state index contributed by atoms with van der Waals surface area (Å²) in [6, 6.07) is 7.89. The van der Waals surface area contributed by atoms with Gasteiger partial charge in [0.2, 0.25) is 5.91 Å². The van der Waals surface area contributed by atoms with E-state index in [0.717, 1.165) is 36.1 Å². The van der Waals surface area contributed by atoms with Crippen molar-refractivity contribution in [2.75, 3.05) is 0 Å². The first-order valence-electron chi connectivity index (χ1n) is 6.42. The summed E-state index contributed by atoms with van der Waals surface area (Å²) in [5.41, 5.74) is 1.96. The van der Waals surface area contributed by atoms with Gasteiger partial charge in [-0.3, -0.25) is 4.79 Å². The zero-order chi connectivity index (χ0) is 13.0. The molecule has 18 heavy (non-hydrogen) atoms. The zero-order valence-electron chi connectivity index (χ0n) is 10.9. The van der Waals surface area contributed by atoms with Crippen LogP contribution >= 0.6 is 0 Å². The van der Waals surface area contributed by atoms with E-state index in [4.69, 9.17) is 0 Å². The minimum atomic E-state index is -0.0187. The number of para-hydroxylation sites is 2. The molecular weight excluding hydrogens is 226 g/mol. The van der Waals surface area contributed by atoms with E-state index in [1.54, 1.807) is 6.92 Å². The summed E-state index contributed by atoms with van der Waals surface area (Å²) in [6.07, 6.45) is 3.09. The van der Waals surface area contributed by atoms with Crippen LogP contribution in [0.3, 0.4) is 0 Å². The largest absolute Gasteiger partial charge is 0.346 e. The van der Waals surface area contributed by atoms with Gasteiger partial charge in [0.05, 0.1) is 17.1 Å². The number of nitrogens with one attached hydrogen (secondary N) is 2. The van der Waals surface area contributed by atoms with E-state index >= 15 is 0 Å². The summed E-state index contributed by atoms with van der Waals surface area (Å²) in [5, 5.41) is 2.96. The second-order valence-corrected chi connectivity index (χ2v) is 4.53. The van der Waals surface area contributed by atoms with Gasteiger partial charge in [-0.05, 0) is 18.6 Å². The Morgan fingerprint density at radius 3 is 2.89 bits per heavy atom. The molecule has 1 aromatic heterocycles. The quantitative estimate of drug-likeness (QED) is 0.851. The smallest absolute Gasteiger partial charge is 0.217 e. The first-order valence-corrected chi connectivity index (χ1v) is 6.42. The number of imidazole rings is 1. The van der Waals surface area contributed by atoms with Crippen LogP contribution in [-0.4, -0.2) is 15.9 Å². The lowest BCUT2D eigenvalue weighted by Crippen LogP contribution is -2.26. The number of hydrogen-bond acceptors (Lipinski definition) is 2. The Morgan fingerprint density at radius 1 is 1.44 bits per heavy atom. The van der Waals surface area contributed by atoms with E-state index in [9.17, 15) is 4.79 Å². The van der Waals surface area contributed by atoms with Gasteiger partial charge in [-0.25, -0.2) is 4.98 Å². The predicted octanol–water partition coefficient (Wildman–Crippen LogP) is 2.93. The van der Waals surface area contributed by atoms with Crippen molar-refractivity contribution in [1.29, 1.82) is 0 Å². The highest BCUT2D eigenvalue weighted by Gasteiger charge is 2.16. The third-order valence-corrected chi connectivity index (χ3v) is 2.96. The number of hydrogen-bond donors (Lipinski definition) is 2. The zero-order valence-corrected chi connectivity index (χ0v) is 10.9. The molecule has 1 aromatic carbocycles. The van der Waals surface area contributed by atoms with Crippen molar-refractivity contribution >= 4 is 16.9 Å². The molecular formula is C14H19N3O. The van der Waals surface area contributed by atoms with E-state index in [2.05, 4.69) is 22.2 Å².